The van der Waals surface area contributed by atoms with E-state index in [0.29, 0.717) is 6.54 Å². The molecule has 2 aliphatic rings. The number of thiazole rings is 1. The Labute approximate surface area is 130 Å². The van der Waals surface area contributed by atoms with Crippen LogP contribution in [0.1, 0.15) is 29.4 Å². The van der Waals surface area contributed by atoms with Crippen LogP contribution < -0.4 is 16.4 Å². The van der Waals surface area contributed by atoms with Crippen LogP contribution in [0.3, 0.4) is 0 Å². The molecule has 4 heterocycles. The smallest absolute Gasteiger partial charge is 0.316 e. The molecule has 2 aromatic rings. The second-order valence-corrected chi connectivity index (χ2v) is 7.12. The van der Waals surface area contributed by atoms with Crippen molar-refractivity contribution in [2.75, 3.05) is 13.1 Å². The molecule has 1 saturated heterocycles. The molecule has 0 bridgehead atoms. The van der Waals surface area contributed by atoms with Crippen LogP contribution in [0, 0.1) is 6.92 Å². The van der Waals surface area contributed by atoms with Gasteiger partial charge in [0.1, 0.15) is 5.82 Å². The standard InChI is InChI=1S/C14H17N5O2S/c1-9-16-10(7-22-9)6-19-12(21)11(20)18-5-3-14(13(18)17-19)2-4-15-8-14/h7,15H,2-6,8H2,1H3/t14-/m0/s1. The number of rotatable bonds is 2. The lowest BCUT2D eigenvalue weighted by Crippen LogP contribution is -2.45. The molecule has 4 rings (SSSR count). The third-order valence-corrected chi connectivity index (χ3v) is 5.47. The van der Waals surface area contributed by atoms with Crippen molar-refractivity contribution in [2.45, 2.75) is 38.3 Å². The lowest BCUT2D eigenvalue weighted by molar-refractivity contribution is 0.438. The number of hydrogen-bond acceptors (Lipinski definition) is 6. The molecule has 7 nitrogen and oxygen atoms in total. The van der Waals surface area contributed by atoms with Gasteiger partial charge >= 0.3 is 11.1 Å². The van der Waals surface area contributed by atoms with Crippen LogP contribution in [0.4, 0.5) is 0 Å². The predicted molar refractivity (Wildman–Crippen MR) is 82.5 cm³/mol. The highest BCUT2D eigenvalue weighted by Crippen LogP contribution is 2.36. The molecule has 0 unspecified atom stereocenters. The normalized spacial score (nSPS) is 23.3. The highest BCUT2D eigenvalue weighted by molar-refractivity contribution is 7.09. The molecule has 22 heavy (non-hydrogen) atoms. The van der Waals surface area contributed by atoms with Crippen LogP contribution in [0.15, 0.2) is 15.0 Å². The van der Waals surface area contributed by atoms with Crippen molar-refractivity contribution >= 4 is 11.3 Å². The topological polar surface area (TPSA) is 81.8 Å². The maximum absolute atomic E-state index is 12.4. The monoisotopic (exact) mass is 319 g/mol. The van der Waals surface area contributed by atoms with E-state index in [9.17, 15) is 9.59 Å². The minimum atomic E-state index is -0.558. The third kappa shape index (κ3) is 1.98. The molecule has 0 amide bonds. The van der Waals surface area contributed by atoms with Crippen molar-refractivity contribution in [3.8, 4) is 0 Å². The Morgan fingerprint density at radius 3 is 2.91 bits per heavy atom. The van der Waals surface area contributed by atoms with Crippen LogP contribution in [0.5, 0.6) is 0 Å². The lowest BCUT2D eigenvalue weighted by atomic mass is 9.85. The van der Waals surface area contributed by atoms with Crippen molar-refractivity contribution in [1.82, 2.24) is 24.6 Å². The Bertz CT molecular complexity index is 844. The molecule has 116 valence electrons. The second-order valence-electron chi connectivity index (χ2n) is 6.06. The minimum absolute atomic E-state index is 0.0907. The first-order valence-electron chi connectivity index (χ1n) is 7.43. The van der Waals surface area contributed by atoms with Gasteiger partial charge in [-0.2, -0.15) is 5.10 Å². The molecule has 0 aliphatic carbocycles. The quantitative estimate of drug-likeness (QED) is 0.779. The average Bonchev–Trinajstić information content (AvgIpc) is 3.20. The van der Waals surface area contributed by atoms with Crippen molar-refractivity contribution in [1.29, 1.82) is 0 Å². The van der Waals surface area contributed by atoms with Gasteiger partial charge < -0.3 is 5.32 Å². The SMILES string of the molecule is Cc1nc(Cn2nc3n(c(=O)c2=O)CC[C@]32CCNC2)cs1. The molecular weight excluding hydrogens is 302 g/mol. The summed E-state index contributed by atoms with van der Waals surface area (Å²) >= 11 is 1.53. The highest BCUT2D eigenvalue weighted by Gasteiger charge is 2.44. The van der Waals surface area contributed by atoms with Gasteiger partial charge in [-0.15, -0.1) is 11.3 Å². The van der Waals surface area contributed by atoms with Crippen LogP contribution in [0.25, 0.3) is 0 Å². The summed E-state index contributed by atoms with van der Waals surface area (Å²) in [7, 11) is 0. The summed E-state index contributed by atoms with van der Waals surface area (Å²) in [6, 6.07) is 0. The van der Waals surface area contributed by atoms with Crippen molar-refractivity contribution in [3.63, 3.8) is 0 Å². The maximum Gasteiger partial charge on any atom is 0.332 e. The van der Waals surface area contributed by atoms with Gasteiger partial charge in [-0.05, 0) is 26.3 Å². The van der Waals surface area contributed by atoms with E-state index in [0.717, 1.165) is 42.5 Å². The van der Waals surface area contributed by atoms with Crippen LogP contribution in [-0.4, -0.2) is 32.4 Å². The van der Waals surface area contributed by atoms with E-state index in [1.807, 2.05) is 12.3 Å². The number of aryl methyl sites for hydroxylation is 1. The fourth-order valence-electron chi connectivity index (χ4n) is 3.46. The zero-order chi connectivity index (χ0) is 15.3. The number of aromatic nitrogens is 4. The van der Waals surface area contributed by atoms with Gasteiger partial charge in [0.2, 0.25) is 0 Å². The first-order chi connectivity index (χ1) is 10.6. The van der Waals surface area contributed by atoms with Gasteiger partial charge in [0.25, 0.3) is 0 Å². The van der Waals surface area contributed by atoms with Gasteiger partial charge in [-0.3, -0.25) is 14.2 Å². The van der Waals surface area contributed by atoms with E-state index in [1.54, 1.807) is 4.57 Å². The summed E-state index contributed by atoms with van der Waals surface area (Å²) in [6.07, 6.45) is 1.84. The number of fused-ring (bicyclic) bond motifs is 2. The summed E-state index contributed by atoms with van der Waals surface area (Å²) in [6.45, 7) is 4.53. The molecule has 0 saturated carbocycles. The van der Waals surface area contributed by atoms with Crippen LogP contribution >= 0.6 is 11.3 Å². The minimum Gasteiger partial charge on any atom is -0.316 e. The number of nitrogens with zero attached hydrogens (tertiary/aromatic N) is 4. The predicted octanol–water partition coefficient (Wildman–Crippen LogP) is -0.147. The van der Waals surface area contributed by atoms with E-state index in [4.69, 9.17) is 0 Å². The molecule has 2 aliphatic heterocycles. The van der Waals surface area contributed by atoms with Gasteiger partial charge in [0, 0.05) is 23.9 Å². The largest absolute Gasteiger partial charge is 0.332 e. The Hall–Kier alpha value is -1.80. The summed E-state index contributed by atoms with van der Waals surface area (Å²) < 4.78 is 2.85. The Morgan fingerprint density at radius 2 is 2.23 bits per heavy atom. The second kappa shape index (κ2) is 4.85. The molecule has 1 N–H and O–H groups in total. The fraction of sp³-hybridized carbons (Fsp3) is 0.571. The van der Waals surface area contributed by atoms with E-state index in [-0.39, 0.29) is 12.0 Å². The molecular formula is C14H17N5O2S. The highest BCUT2D eigenvalue weighted by atomic mass is 32.1. The molecule has 1 spiro atoms. The Morgan fingerprint density at radius 1 is 1.36 bits per heavy atom. The van der Waals surface area contributed by atoms with E-state index < -0.39 is 11.1 Å². The first kappa shape index (κ1) is 13.8. The maximum atomic E-state index is 12.4. The fourth-order valence-corrected chi connectivity index (χ4v) is 4.07. The number of nitrogens with one attached hydrogen (secondary N) is 1. The molecule has 0 radical (unpaired) electrons. The van der Waals surface area contributed by atoms with Crippen molar-refractivity contribution < 1.29 is 0 Å². The van der Waals surface area contributed by atoms with Gasteiger partial charge in [-0.1, -0.05) is 0 Å². The number of hydrogen-bond donors (Lipinski definition) is 1. The van der Waals surface area contributed by atoms with Crippen molar-refractivity contribution in [3.05, 3.63) is 42.6 Å². The molecule has 1 atom stereocenters. The van der Waals surface area contributed by atoms with Gasteiger partial charge in [0.05, 0.1) is 17.2 Å². The average molecular weight is 319 g/mol. The van der Waals surface area contributed by atoms with Crippen LogP contribution in [0.2, 0.25) is 0 Å². The van der Waals surface area contributed by atoms with Gasteiger partial charge in [-0.25, -0.2) is 9.67 Å². The molecule has 2 aromatic heterocycles. The zero-order valence-electron chi connectivity index (χ0n) is 12.3. The third-order valence-electron chi connectivity index (χ3n) is 4.64. The lowest BCUT2D eigenvalue weighted by Gasteiger charge is -2.21. The summed E-state index contributed by atoms with van der Waals surface area (Å²) in [5.41, 5.74) is -0.330. The summed E-state index contributed by atoms with van der Waals surface area (Å²) in [5, 5.41) is 10.7. The first-order valence-corrected chi connectivity index (χ1v) is 8.31. The van der Waals surface area contributed by atoms with E-state index in [1.165, 1.54) is 16.0 Å². The van der Waals surface area contributed by atoms with E-state index in [2.05, 4.69) is 15.4 Å². The Kier molecular flexibility index (Phi) is 3.05. The molecule has 1 fully saturated rings. The molecule has 8 heteroatoms. The zero-order valence-corrected chi connectivity index (χ0v) is 13.2. The van der Waals surface area contributed by atoms with Crippen molar-refractivity contribution in [2.24, 2.45) is 0 Å². The Balaban J connectivity index is 1.82. The summed E-state index contributed by atoms with van der Waals surface area (Å²) in [4.78, 5) is 29.0. The molecule has 0 aromatic carbocycles. The van der Waals surface area contributed by atoms with Crippen LogP contribution in [-0.2, 0) is 18.5 Å². The summed E-state index contributed by atoms with van der Waals surface area (Å²) in [5.74, 6) is 0.758. The van der Waals surface area contributed by atoms with Gasteiger partial charge in [0.15, 0.2) is 0 Å². The van der Waals surface area contributed by atoms with E-state index >= 15 is 0 Å².